The minimum Gasteiger partial charge on any atom is -0.310 e. The topological polar surface area (TPSA) is 3.24 Å². The van der Waals surface area contributed by atoms with Gasteiger partial charge in [-0.2, -0.15) is 0 Å². The molecule has 0 amide bonds. The molecule has 0 saturated heterocycles. The molecule has 1 heteroatoms. The quantitative estimate of drug-likeness (QED) is 0.174. The monoisotopic (exact) mass is 645 g/mol. The number of fused-ring (bicyclic) bond motifs is 3. The Morgan fingerprint density at radius 1 is 0.380 bits per heavy atom. The van der Waals surface area contributed by atoms with Crippen LogP contribution >= 0.6 is 0 Å². The zero-order valence-corrected chi connectivity index (χ0v) is 29.6. The number of benzene rings is 7. The van der Waals surface area contributed by atoms with Gasteiger partial charge < -0.3 is 4.90 Å². The summed E-state index contributed by atoms with van der Waals surface area (Å²) in [6.07, 6.45) is 0. The first-order chi connectivity index (χ1) is 24.2. The molecule has 1 aliphatic carbocycles. The van der Waals surface area contributed by atoms with Crippen LogP contribution in [0, 0.1) is 0 Å². The van der Waals surface area contributed by atoms with Gasteiger partial charge in [0.15, 0.2) is 0 Å². The fraction of sp³-hybridized carbons (Fsp3) is 0.143. The molecule has 0 heterocycles. The van der Waals surface area contributed by atoms with Crippen molar-refractivity contribution in [3.63, 3.8) is 0 Å². The second-order valence-corrected chi connectivity index (χ2v) is 15.1. The normalized spacial score (nSPS) is 13.1. The third-order valence-electron chi connectivity index (χ3n) is 10.4. The Balaban J connectivity index is 1.21. The Hall–Kier alpha value is -5.66. The van der Waals surface area contributed by atoms with Crippen LogP contribution in [-0.4, -0.2) is 0 Å². The fourth-order valence-electron chi connectivity index (χ4n) is 7.52. The van der Waals surface area contributed by atoms with Crippen molar-refractivity contribution in [2.24, 2.45) is 0 Å². The summed E-state index contributed by atoms with van der Waals surface area (Å²) in [4.78, 5) is 2.41. The number of nitrogens with zero attached hydrogens (tertiary/aromatic N) is 1. The van der Waals surface area contributed by atoms with Crippen molar-refractivity contribution in [2.45, 2.75) is 45.4 Å². The Bertz CT molecular complexity index is 2290. The predicted molar refractivity (Wildman–Crippen MR) is 214 cm³/mol. The standard InChI is InChI=1S/C49H43N/c1-48(2,3)40-25-29-44-45-30-28-43(33-47(45)49(4,5)46(44)32-40)50(42-18-12-17-39(31-42)35-15-10-7-11-16-35)41-26-23-38(24-27-41)37-21-19-36(20-22-37)34-13-8-6-9-14-34/h6-33H,1-5H3. The molecule has 0 unspecified atom stereocenters. The molecule has 0 spiro atoms. The van der Waals surface area contributed by atoms with Gasteiger partial charge in [0, 0.05) is 22.5 Å². The van der Waals surface area contributed by atoms with Crippen LogP contribution in [0.15, 0.2) is 170 Å². The maximum atomic E-state index is 2.45. The first kappa shape index (κ1) is 31.6. The summed E-state index contributed by atoms with van der Waals surface area (Å²) in [5.74, 6) is 0. The van der Waals surface area contributed by atoms with Crippen LogP contribution < -0.4 is 4.90 Å². The van der Waals surface area contributed by atoms with Crippen molar-refractivity contribution in [2.75, 3.05) is 4.90 Å². The van der Waals surface area contributed by atoms with E-state index >= 15 is 0 Å². The minimum atomic E-state index is -0.116. The molecule has 0 N–H and O–H groups in total. The molecule has 50 heavy (non-hydrogen) atoms. The maximum Gasteiger partial charge on any atom is 0.0467 e. The van der Waals surface area contributed by atoms with E-state index in [4.69, 9.17) is 0 Å². The Morgan fingerprint density at radius 2 is 0.820 bits per heavy atom. The molecule has 0 radical (unpaired) electrons. The van der Waals surface area contributed by atoms with Gasteiger partial charge in [0.25, 0.3) is 0 Å². The van der Waals surface area contributed by atoms with Crippen molar-refractivity contribution in [3.05, 3.63) is 187 Å². The molecule has 0 fully saturated rings. The summed E-state index contributed by atoms with van der Waals surface area (Å²) in [7, 11) is 0. The van der Waals surface area contributed by atoms with E-state index in [9.17, 15) is 0 Å². The highest BCUT2D eigenvalue weighted by atomic mass is 15.1. The summed E-state index contributed by atoms with van der Waals surface area (Å²) in [6, 6.07) is 62.2. The molecule has 0 aromatic heterocycles. The highest BCUT2D eigenvalue weighted by Crippen LogP contribution is 2.51. The third kappa shape index (κ3) is 5.73. The van der Waals surface area contributed by atoms with Gasteiger partial charge in [-0.3, -0.25) is 0 Å². The van der Waals surface area contributed by atoms with Gasteiger partial charge in [-0.05, 0) is 103 Å². The lowest BCUT2D eigenvalue weighted by Crippen LogP contribution is -2.18. The second kappa shape index (κ2) is 12.3. The highest BCUT2D eigenvalue weighted by Gasteiger charge is 2.37. The van der Waals surface area contributed by atoms with Crippen molar-refractivity contribution in [1.29, 1.82) is 0 Å². The molecule has 0 aliphatic heterocycles. The van der Waals surface area contributed by atoms with E-state index in [1.165, 1.54) is 61.2 Å². The molecular weight excluding hydrogens is 603 g/mol. The van der Waals surface area contributed by atoms with Gasteiger partial charge in [0.1, 0.15) is 0 Å². The lowest BCUT2D eigenvalue weighted by atomic mass is 9.79. The first-order valence-electron chi connectivity index (χ1n) is 17.7. The zero-order chi connectivity index (χ0) is 34.5. The number of rotatable bonds is 6. The van der Waals surface area contributed by atoms with Crippen LogP contribution in [-0.2, 0) is 10.8 Å². The first-order valence-corrected chi connectivity index (χ1v) is 17.7. The van der Waals surface area contributed by atoms with Gasteiger partial charge >= 0.3 is 0 Å². The summed E-state index contributed by atoms with van der Waals surface area (Å²) < 4.78 is 0. The summed E-state index contributed by atoms with van der Waals surface area (Å²) in [6.45, 7) is 11.7. The molecule has 244 valence electrons. The molecule has 1 nitrogen and oxygen atoms in total. The van der Waals surface area contributed by atoms with Crippen LogP contribution in [0.1, 0.15) is 51.3 Å². The lowest BCUT2D eigenvalue weighted by molar-refractivity contribution is 0.584. The smallest absolute Gasteiger partial charge is 0.0467 e. The minimum absolute atomic E-state index is 0.0989. The van der Waals surface area contributed by atoms with Gasteiger partial charge in [-0.15, -0.1) is 0 Å². The molecule has 0 atom stereocenters. The van der Waals surface area contributed by atoms with E-state index < -0.39 is 0 Å². The van der Waals surface area contributed by atoms with Crippen molar-refractivity contribution in [3.8, 4) is 44.5 Å². The lowest BCUT2D eigenvalue weighted by Gasteiger charge is -2.29. The molecule has 0 saturated carbocycles. The number of hydrogen-bond acceptors (Lipinski definition) is 1. The van der Waals surface area contributed by atoms with Crippen LogP contribution in [0.25, 0.3) is 44.5 Å². The molecule has 0 bridgehead atoms. The molecule has 8 rings (SSSR count). The predicted octanol–water partition coefficient (Wildman–Crippen LogP) is 13.8. The second-order valence-electron chi connectivity index (χ2n) is 15.1. The molecular formula is C49H43N. The van der Waals surface area contributed by atoms with E-state index in [0.717, 1.165) is 17.1 Å². The van der Waals surface area contributed by atoms with Gasteiger partial charge in [-0.25, -0.2) is 0 Å². The van der Waals surface area contributed by atoms with Crippen LogP contribution in [0.4, 0.5) is 17.1 Å². The van der Waals surface area contributed by atoms with Crippen LogP contribution in [0.5, 0.6) is 0 Å². The Kier molecular flexibility index (Phi) is 7.80. The summed E-state index contributed by atoms with van der Waals surface area (Å²) in [5, 5.41) is 0. The number of hydrogen-bond donors (Lipinski definition) is 0. The molecule has 1 aliphatic rings. The zero-order valence-electron chi connectivity index (χ0n) is 29.6. The Labute approximate surface area is 297 Å². The third-order valence-corrected chi connectivity index (χ3v) is 10.4. The van der Waals surface area contributed by atoms with Crippen molar-refractivity contribution >= 4 is 17.1 Å². The van der Waals surface area contributed by atoms with E-state index in [-0.39, 0.29) is 10.8 Å². The number of anilines is 3. The van der Waals surface area contributed by atoms with Gasteiger partial charge in [0.05, 0.1) is 0 Å². The van der Waals surface area contributed by atoms with Crippen molar-refractivity contribution < 1.29 is 0 Å². The average Bonchev–Trinajstić information content (AvgIpc) is 3.38. The SMILES string of the molecule is CC(C)(C)c1ccc2c(c1)C(C)(C)c1cc(N(c3ccc(-c4ccc(-c5ccccc5)cc4)cc3)c3cccc(-c4ccccc4)c3)ccc1-2. The molecule has 7 aromatic carbocycles. The highest BCUT2D eigenvalue weighted by molar-refractivity contribution is 5.87. The van der Waals surface area contributed by atoms with Gasteiger partial charge in [0.2, 0.25) is 0 Å². The molecule has 7 aromatic rings. The maximum absolute atomic E-state index is 2.45. The van der Waals surface area contributed by atoms with E-state index in [2.05, 4.69) is 209 Å². The van der Waals surface area contributed by atoms with Gasteiger partial charge in [-0.1, -0.05) is 168 Å². The largest absolute Gasteiger partial charge is 0.310 e. The van der Waals surface area contributed by atoms with Crippen LogP contribution in [0.2, 0.25) is 0 Å². The fourth-order valence-corrected chi connectivity index (χ4v) is 7.52. The van der Waals surface area contributed by atoms with E-state index in [0.29, 0.717) is 0 Å². The van der Waals surface area contributed by atoms with Crippen LogP contribution in [0.3, 0.4) is 0 Å². The van der Waals surface area contributed by atoms with Crippen molar-refractivity contribution in [1.82, 2.24) is 0 Å². The van der Waals surface area contributed by atoms with E-state index in [1.807, 2.05) is 0 Å². The van der Waals surface area contributed by atoms with E-state index in [1.54, 1.807) is 0 Å². The Morgan fingerprint density at radius 3 is 1.40 bits per heavy atom. The average molecular weight is 646 g/mol. The summed E-state index contributed by atoms with van der Waals surface area (Å²) >= 11 is 0. The summed E-state index contributed by atoms with van der Waals surface area (Å²) in [5.41, 5.74) is 17.5.